The smallest absolute Gasteiger partial charge is 0.308 e. The van der Waals surface area contributed by atoms with Crippen LogP contribution in [0.25, 0.3) is 0 Å². The second-order valence-electron chi connectivity index (χ2n) is 6.76. The van der Waals surface area contributed by atoms with Gasteiger partial charge in [-0.15, -0.1) is 0 Å². The molecule has 7 heteroatoms. The maximum Gasteiger partial charge on any atom is 0.308 e. The Morgan fingerprint density at radius 3 is 2.48 bits per heavy atom. The number of carboxylic acid groups (broad SMARTS) is 1. The number of hydrogen-bond acceptors (Lipinski definition) is 4. The molecule has 1 aliphatic heterocycles. The van der Waals surface area contributed by atoms with Gasteiger partial charge in [-0.3, -0.25) is 9.59 Å². The third kappa shape index (κ3) is 2.93. The van der Waals surface area contributed by atoms with Crippen LogP contribution in [0.5, 0.6) is 0 Å². The first-order chi connectivity index (χ1) is 9.85. The van der Waals surface area contributed by atoms with Crippen molar-refractivity contribution in [2.45, 2.75) is 38.1 Å². The average Bonchev–Trinajstić information content (AvgIpc) is 3.03. The Bertz CT molecular complexity index is 558. The Balaban J connectivity index is 1.58. The third-order valence-corrected chi connectivity index (χ3v) is 7.17. The predicted molar refractivity (Wildman–Crippen MR) is 75.3 cm³/mol. The molecule has 3 fully saturated rings. The summed E-state index contributed by atoms with van der Waals surface area (Å²) in [5.41, 5.74) is 0. The van der Waals surface area contributed by atoms with Crippen molar-refractivity contribution in [1.82, 2.24) is 5.32 Å². The highest BCUT2D eigenvalue weighted by Crippen LogP contribution is 2.48. The van der Waals surface area contributed by atoms with Crippen LogP contribution in [-0.4, -0.2) is 42.9 Å². The molecule has 2 aliphatic carbocycles. The first-order valence-corrected chi connectivity index (χ1v) is 9.40. The van der Waals surface area contributed by atoms with E-state index in [4.69, 9.17) is 0 Å². The van der Waals surface area contributed by atoms with E-state index in [1.807, 2.05) is 0 Å². The molecule has 5 unspecified atom stereocenters. The molecule has 0 aromatic rings. The molecule has 6 nitrogen and oxygen atoms in total. The molecule has 1 saturated heterocycles. The van der Waals surface area contributed by atoms with Gasteiger partial charge in [0, 0.05) is 12.5 Å². The van der Waals surface area contributed by atoms with Gasteiger partial charge in [0.2, 0.25) is 5.91 Å². The molecule has 3 rings (SSSR count). The highest BCUT2D eigenvalue weighted by molar-refractivity contribution is 7.91. The summed E-state index contributed by atoms with van der Waals surface area (Å²) in [6, 6.07) is -0.272. The lowest BCUT2D eigenvalue weighted by Crippen LogP contribution is -2.47. The number of aliphatic carboxylic acids is 1. The van der Waals surface area contributed by atoms with E-state index in [2.05, 4.69) is 5.32 Å². The lowest BCUT2D eigenvalue weighted by Gasteiger charge is -2.29. The van der Waals surface area contributed by atoms with Crippen molar-refractivity contribution in [2.24, 2.45) is 23.7 Å². The molecule has 2 N–H and O–H groups in total. The molecular weight excluding hydrogens is 294 g/mol. The van der Waals surface area contributed by atoms with E-state index >= 15 is 0 Å². The first-order valence-electron chi connectivity index (χ1n) is 7.58. The molecule has 0 aromatic heterocycles. The van der Waals surface area contributed by atoms with Gasteiger partial charge in [0.25, 0.3) is 0 Å². The summed E-state index contributed by atoms with van der Waals surface area (Å²) in [5.74, 6) is -0.901. The van der Waals surface area contributed by atoms with E-state index in [-0.39, 0.29) is 47.6 Å². The highest BCUT2D eigenvalue weighted by Gasteiger charge is 2.51. The summed E-state index contributed by atoms with van der Waals surface area (Å²) >= 11 is 0. The molecular formula is C14H21NO5S. The van der Waals surface area contributed by atoms with Crippen LogP contribution in [0.3, 0.4) is 0 Å². The molecule has 118 valence electrons. The summed E-state index contributed by atoms with van der Waals surface area (Å²) in [6.45, 7) is 0. The van der Waals surface area contributed by atoms with Crippen molar-refractivity contribution in [3.8, 4) is 0 Å². The van der Waals surface area contributed by atoms with Crippen molar-refractivity contribution in [2.75, 3.05) is 11.5 Å². The van der Waals surface area contributed by atoms with Crippen LogP contribution in [0.1, 0.15) is 32.1 Å². The number of fused-ring (bicyclic) bond motifs is 2. The van der Waals surface area contributed by atoms with Crippen molar-refractivity contribution in [1.29, 1.82) is 0 Å². The number of carbonyl (C=O) groups excluding carboxylic acids is 1. The summed E-state index contributed by atoms with van der Waals surface area (Å²) in [5, 5.41) is 12.2. The van der Waals surface area contributed by atoms with E-state index < -0.39 is 21.7 Å². The zero-order valence-corrected chi connectivity index (χ0v) is 12.6. The van der Waals surface area contributed by atoms with E-state index in [0.29, 0.717) is 6.42 Å². The van der Waals surface area contributed by atoms with Gasteiger partial charge in [-0.1, -0.05) is 0 Å². The van der Waals surface area contributed by atoms with Crippen LogP contribution in [-0.2, 0) is 19.4 Å². The van der Waals surface area contributed by atoms with Crippen LogP contribution < -0.4 is 5.32 Å². The number of carbonyl (C=O) groups is 2. The second-order valence-corrected chi connectivity index (χ2v) is 8.99. The zero-order chi connectivity index (χ0) is 15.2. The molecule has 21 heavy (non-hydrogen) atoms. The van der Waals surface area contributed by atoms with Crippen LogP contribution in [0.4, 0.5) is 0 Å². The lowest BCUT2D eigenvalue weighted by molar-refractivity contribution is -0.144. The first kappa shape index (κ1) is 14.8. The molecule has 0 aromatic carbocycles. The average molecular weight is 315 g/mol. The Kier molecular flexibility index (Phi) is 3.71. The van der Waals surface area contributed by atoms with Crippen molar-refractivity contribution in [3.05, 3.63) is 0 Å². The van der Waals surface area contributed by atoms with Gasteiger partial charge in [0.15, 0.2) is 9.84 Å². The molecule has 5 atom stereocenters. The van der Waals surface area contributed by atoms with E-state index in [9.17, 15) is 23.1 Å². The van der Waals surface area contributed by atoms with Gasteiger partial charge in [0.1, 0.15) is 0 Å². The van der Waals surface area contributed by atoms with Gasteiger partial charge in [-0.2, -0.15) is 0 Å². The molecule has 2 bridgehead atoms. The van der Waals surface area contributed by atoms with E-state index in [1.165, 1.54) is 0 Å². The lowest BCUT2D eigenvalue weighted by atomic mass is 9.84. The maximum atomic E-state index is 12.1. The highest BCUT2D eigenvalue weighted by atomic mass is 32.2. The molecule has 1 heterocycles. The second kappa shape index (κ2) is 5.26. The van der Waals surface area contributed by atoms with Crippen LogP contribution >= 0.6 is 0 Å². The van der Waals surface area contributed by atoms with Gasteiger partial charge in [-0.25, -0.2) is 8.42 Å². The minimum Gasteiger partial charge on any atom is -0.481 e. The van der Waals surface area contributed by atoms with Crippen molar-refractivity contribution in [3.63, 3.8) is 0 Å². The minimum absolute atomic E-state index is 0.0828. The predicted octanol–water partition coefficient (Wildman–Crippen LogP) is 0.427. The van der Waals surface area contributed by atoms with Crippen LogP contribution in [0.15, 0.2) is 0 Å². The molecule has 0 spiro atoms. The van der Waals surface area contributed by atoms with Gasteiger partial charge in [-0.05, 0) is 43.4 Å². The fraction of sp³-hybridized carbons (Fsp3) is 0.857. The molecule has 2 saturated carbocycles. The molecule has 3 aliphatic rings. The number of carboxylic acids is 1. The summed E-state index contributed by atoms with van der Waals surface area (Å²) in [7, 11) is -2.98. The number of sulfone groups is 1. The fourth-order valence-corrected chi connectivity index (χ4v) is 6.26. The zero-order valence-electron chi connectivity index (χ0n) is 11.8. The van der Waals surface area contributed by atoms with Crippen LogP contribution in [0, 0.1) is 23.7 Å². The summed E-state index contributed by atoms with van der Waals surface area (Å²) in [6.07, 6.45) is 3.54. The van der Waals surface area contributed by atoms with Crippen molar-refractivity contribution >= 4 is 21.7 Å². The number of hydrogen-bond donors (Lipinski definition) is 2. The SMILES string of the molecule is O=C(CC1CCS(=O)(=O)C1)NC1C2CCC(C2)C1C(=O)O. The topological polar surface area (TPSA) is 101 Å². The Morgan fingerprint density at radius 1 is 1.14 bits per heavy atom. The number of rotatable bonds is 4. The molecule has 0 radical (unpaired) electrons. The monoisotopic (exact) mass is 315 g/mol. The quantitative estimate of drug-likeness (QED) is 0.783. The van der Waals surface area contributed by atoms with E-state index in [0.717, 1.165) is 19.3 Å². The minimum atomic E-state index is -2.98. The van der Waals surface area contributed by atoms with E-state index in [1.54, 1.807) is 0 Å². The fourth-order valence-electron chi connectivity index (χ4n) is 4.39. The maximum absolute atomic E-state index is 12.1. The number of amides is 1. The van der Waals surface area contributed by atoms with Crippen LogP contribution in [0.2, 0.25) is 0 Å². The summed E-state index contributed by atoms with van der Waals surface area (Å²) in [4.78, 5) is 23.5. The standard InChI is InChI=1S/C14H21NO5S/c16-11(5-8-3-4-21(19,20)7-8)15-13-10-2-1-9(6-10)12(13)14(17)18/h8-10,12-13H,1-7H2,(H,15,16)(H,17,18). The number of nitrogens with one attached hydrogen (secondary N) is 1. The Hall–Kier alpha value is -1.11. The van der Waals surface area contributed by atoms with Gasteiger partial charge >= 0.3 is 5.97 Å². The van der Waals surface area contributed by atoms with Gasteiger partial charge < -0.3 is 10.4 Å². The summed E-state index contributed by atoms with van der Waals surface area (Å²) < 4.78 is 22.8. The normalized spacial score (nSPS) is 40.3. The largest absolute Gasteiger partial charge is 0.481 e. The Morgan fingerprint density at radius 2 is 1.86 bits per heavy atom. The van der Waals surface area contributed by atoms with Gasteiger partial charge in [0.05, 0.1) is 17.4 Å². The Labute approximate surface area is 124 Å². The van der Waals surface area contributed by atoms with Crippen molar-refractivity contribution < 1.29 is 23.1 Å². The molecule has 1 amide bonds. The third-order valence-electron chi connectivity index (χ3n) is 5.33.